The van der Waals surface area contributed by atoms with Gasteiger partial charge in [-0.05, 0) is 0 Å². The van der Waals surface area contributed by atoms with E-state index in [0.29, 0.717) is 17.3 Å². The Morgan fingerprint density at radius 1 is 1.55 bits per heavy atom. The van der Waals surface area contributed by atoms with Crippen molar-refractivity contribution in [3.05, 3.63) is 28.1 Å². The lowest BCUT2D eigenvalue weighted by Crippen LogP contribution is -2.23. The van der Waals surface area contributed by atoms with Crippen LogP contribution in [0.4, 0.5) is 0 Å². The first-order chi connectivity index (χ1) is 9.42. The Morgan fingerprint density at radius 2 is 2.30 bits per heavy atom. The number of H-pyrrole nitrogens is 1. The average Bonchev–Trinajstić information content (AvgIpc) is 3.05. The molecule has 0 saturated heterocycles. The number of hydrogen-bond acceptors (Lipinski definition) is 6. The highest BCUT2D eigenvalue weighted by molar-refractivity contribution is 7.89. The summed E-state index contributed by atoms with van der Waals surface area (Å²) >= 11 is 1.08. The van der Waals surface area contributed by atoms with Crippen LogP contribution in [0.2, 0.25) is 0 Å². The second kappa shape index (κ2) is 5.69. The number of rotatable bonds is 6. The van der Waals surface area contributed by atoms with Crippen LogP contribution in [0.5, 0.6) is 0 Å². The third kappa shape index (κ3) is 3.21. The number of aryl methyl sites for hydroxylation is 1. The van der Waals surface area contributed by atoms with Gasteiger partial charge in [0.05, 0.1) is 12.7 Å². The van der Waals surface area contributed by atoms with Gasteiger partial charge in [-0.3, -0.25) is 0 Å². The SMILES string of the molecule is CCc1ncc(S(=O)(=O)NCc2nc(C(=O)O)cs2)[nH]1. The van der Waals surface area contributed by atoms with Crippen LogP contribution in [0, 0.1) is 0 Å². The fourth-order valence-corrected chi connectivity index (χ4v) is 3.11. The summed E-state index contributed by atoms with van der Waals surface area (Å²) < 4.78 is 26.2. The van der Waals surface area contributed by atoms with E-state index in [4.69, 9.17) is 5.11 Å². The topological polar surface area (TPSA) is 125 Å². The van der Waals surface area contributed by atoms with E-state index in [1.807, 2.05) is 6.92 Å². The monoisotopic (exact) mass is 316 g/mol. The average molecular weight is 316 g/mol. The molecule has 0 radical (unpaired) electrons. The third-order valence-electron chi connectivity index (χ3n) is 2.41. The summed E-state index contributed by atoms with van der Waals surface area (Å²) in [7, 11) is -3.71. The molecule has 0 aromatic carbocycles. The predicted octanol–water partition coefficient (Wildman–Crippen LogP) is 0.605. The van der Waals surface area contributed by atoms with E-state index in [0.717, 1.165) is 11.3 Å². The molecule has 108 valence electrons. The molecule has 0 unspecified atom stereocenters. The van der Waals surface area contributed by atoms with Gasteiger partial charge in [0.25, 0.3) is 10.0 Å². The summed E-state index contributed by atoms with van der Waals surface area (Å²) in [6.07, 6.45) is 1.84. The number of imidazole rings is 1. The molecule has 2 aromatic rings. The van der Waals surface area contributed by atoms with E-state index >= 15 is 0 Å². The normalized spacial score (nSPS) is 11.7. The highest BCUT2D eigenvalue weighted by atomic mass is 32.2. The molecule has 8 nitrogen and oxygen atoms in total. The number of sulfonamides is 1. The minimum atomic E-state index is -3.71. The summed E-state index contributed by atoms with van der Waals surface area (Å²) in [6, 6.07) is 0. The zero-order valence-corrected chi connectivity index (χ0v) is 12.1. The molecular formula is C10H12N4O4S2. The van der Waals surface area contributed by atoms with E-state index in [2.05, 4.69) is 19.7 Å². The van der Waals surface area contributed by atoms with Crippen molar-refractivity contribution in [2.24, 2.45) is 0 Å². The maximum Gasteiger partial charge on any atom is 0.355 e. The van der Waals surface area contributed by atoms with Gasteiger partial charge < -0.3 is 10.1 Å². The lowest BCUT2D eigenvalue weighted by Gasteiger charge is -2.01. The highest BCUT2D eigenvalue weighted by Gasteiger charge is 2.18. The molecule has 0 aliphatic heterocycles. The van der Waals surface area contributed by atoms with Crippen LogP contribution >= 0.6 is 11.3 Å². The Morgan fingerprint density at radius 3 is 2.85 bits per heavy atom. The van der Waals surface area contributed by atoms with Crippen LogP contribution in [-0.4, -0.2) is 34.4 Å². The van der Waals surface area contributed by atoms with Crippen molar-refractivity contribution in [2.75, 3.05) is 0 Å². The van der Waals surface area contributed by atoms with Gasteiger partial charge in [0, 0.05) is 11.8 Å². The molecule has 3 N–H and O–H groups in total. The Hall–Kier alpha value is -1.78. The molecule has 0 fully saturated rings. The van der Waals surface area contributed by atoms with E-state index in [-0.39, 0.29) is 17.3 Å². The van der Waals surface area contributed by atoms with Crippen molar-refractivity contribution in [1.82, 2.24) is 19.7 Å². The number of nitrogens with one attached hydrogen (secondary N) is 2. The quantitative estimate of drug-likeness (QED) is 0.717. The molecule has 10 heteroatoms. The molecule has 0 atom stereocenters. The molecule has 0 bridgehead atoms. The summed E-state index contributed by atoms with van der Waals surface area (Å²) in [4.78, 5) is 21.1. The number of carboxylic acid groups (broad SMARTS) is 1. The Balaban J connectivity index is 2.06. The highest BCUT2D eigenvalue weighted by Crippen LogP contribution is 2.11. The third-order valence-corrected chi connectivity index (χ3v) is 4.57. The van der Waals surface area contributed by atoms with E-state index in [9.17, 15) is 13.2 Å². The Labute approximate surface area is 119 Å². The van der Waals surface area contributed by atoms with Crippen molar-refractivity contribution in [3.63, 3.8) is 0 Å². The van der Waals surface area contributed by atoms with Gasteiger partial charge >= 0.3 is 5.97 Å². The first-order valence-corrected chi connectivity index (χ1v) is 8.00. The second-order valence-electron chi connectivity index (χ2n) is 3.80. The van der Waals surface area contributed by atoms with E-state index in [1.165, 1.54) is 11.6 Å². The number of aromatic carboxylic acids is 1. The number of carboxylic acids is 1. The number of hydrogen-bond donors (Lipinski definition) is 3. The van der Waals surface area contributed by atoms with Crippen molar-refractivity contribution in [3.8, 4) is 0 Å². The van der Waals surface area contributed by atoms with Gasteiger partial charge in [-0.15, -0.1) is 11.3 Å². The molecule has 20 heavy (non-hydrogen) atoms. The zero-order valence-electron chi connectivity index (χ0n) is 10.5. The largest absolute Gasteiger partial charge is 0.476 e. The second-order valence-corrected chi connectivity index (χ2v) is 6.48. The van der Waals surface area contributed by atoms with Gasteiger partial charge in [-0.2, -0.15) is 0 Å². The fourth-order valence-electron chi connectivity index (χ4n) is 1.38. The van der Waals surface area contributed by atoms with Crippen molar-refractivity contribution < 1.29 is 18.3 Å². The number of thiazole rings is 1. The molecule has 0 amide bonds. The summed E-state index contributed by atoms with van der Waals surface area (Å²) in [5, 5.41) is 10.4. The van der Waals surface area contributed by atoms with Crippen LogP contribution in [0.1, 0.15) is 28.2 Å². The number of carbonyl (C=O) groups is 1. The van der Waals surface area contributed by atoms with Crippen LogP contribution in [0.15, 0.2) is 16.6 Å². The van der Waals surface area contributed by atoms with Crippen molar-refractivity contribution >= 4 is 27.3 Å². The standard InChI is InChI=1S/C10H12N4O4S2/c1-2-7-11-4-9(14-7)20(17,18)12-3-8-13-6(5-19-8)10(15)16/h4-5,12H,2-3H2,1H3,(H,11,14)(H,15,16). The van der Waals surface area contributed by atoms with Crippen LogP contribution < -0.4 is 4.72 Å². The fraction of sp³-hybridized carbons (Fsp3) is 0.300. The van der Waals surface area contributed by atoms with Crippen molar-refractivity contribution in [2.45, 2.75) is 24.9 Å². The lowest BCUT2D eigenvalue weighted by atomic mass is 10.5. The van der Waals surface area contributed by atoms with Crippen LogP contribution in [0.25, 0.3) is 0 Å². The van der Waals surface area contributed by atoms with Crippen molar-refractivity contribution in [1.29, 1.82) is 0 Å². The molecule has 2 rings (SSSR count). The maximum absolute atomic E-state index is 12.0. The molecule has 2 aromatic heterocycles. The number of nitrogens with zero attached hydrogens (tertiary/aromatic N) is 2. The number of aromatic amines is 1. The minimum absolute atomic E-state index is 0.0237. The smallest absolute Gasteiger partial charge is 0.355 e. The minimum Gasteiger partial charge on any atom is -0.476 e. The van der Waals surface area contributed by atoms with Gasteiger partial charge in [0.15, 0.2) is 10.7 Å². The predicted molar refractivity (Wildman–Crippen MR) is 71.1 cm³/mol. The van der Waals surface area contributed by atoms with E-state index in [1.54, 1.807) is 0 Å². The summed E-state index contributed by atoms with van der Waals surface area (Å²) in [6.45, 7) is 1.78. The zero-order chi connectivity index (χ0) is 14.8. The molecule has 0 aliphatic carbocycles. The van der Waals surface area contributed by atoms with Gasteiger partial charge in [0.1, 0.15) is 10.8 Å². The molecule has 0 aliphatic rings. The van der Waals surface area contributed by atoms with E-state index < -0.39 is 16.0 Å². The van der Waals surface area contributed by atoms with Crippen LogP contribution in [0.3, 0.4) is 0 Å². The van der Waals surface area contributed by atoms with Crippen LogP contribution in [-0.2, 0) is 23.0 Å². The molecule has 0 saturated carbocycles. The first-order valence-electron chi connectivity index (χ1n) is 5.63. The Bertz CT molecular complexity index is 719. The summed E-state index contributed by atoms with van der Waals surface area (Å²) in [5.41, 5.74) is -0.0981. The molecular weight excluding hydrogens is 304 g/mol. The number of aromatic nitrogens is 3. The van der Waals surface area contributed by atoms with Gasteiger partial charge in [-0.1, -0.05) is 6.92 Å². The lowest BCUT2D eigenvalue weighted by molar-refractivity contribution is 0.0691. The summed E-state index contributed by atoms with van der Waals surface area (Å²) in [5.74, 6) is -0.565. The first kappa shape index (κ1) is 14.6. The maximum atomic E-state index is 12.0. The molecule has 2 heterocycles. The van der Waals surface area contributed by atoms with Gasteiger partial charge in [0.2, 0.25) is 0 Å². The van der Waals surface area contributed by atoms with Gasteiger partial charge in [-0.25, -0.2) is 27.9 Å². The molecule has 0 spiro atoms. The Kier molecular flexibility index (Phi) is 4.16.